The van der Waals surface area contributed by atoms with Crippen LogP contribution in [0.1, 0.15) is 23.3 Å². The van der Waals surface area contributed by atoms with E-state index in [2.05, 4.69) is 11.4 Å². The van der Waals surface area contributed by atoms with Crippen molar-refractivity contribution in [1.29, 1.82) is 0 Å². The highest BCUT2D eigenvalue weighted by Gasteiger charge is 2.25. The highest BCUT2D eigenvalue weighted by Crippen LogP contribution is 2.46. The van der Waals surface area contributed by atoms with E-state index in [9.17, 15) is 4.79 Å². The third kappa shape index (κ3) is 4.16. The number of hydrogen-bond donors (Lipinski definition) is 1. The molecule has 1 aliphatic carbocycles. The van der Waals surface area contributed by atoms with Crippen LogP contribution >= 0.6 is 22.7 Å². The zero-order valence-electron chi connectivity index (χ0n) is 17.1. The van der Waals surface area contributed by atoms with Gasteiger partial charge in [0.2, 0.25) is 0 Å². The molecule has 0 atom stereocenters. The van der Waals surface area contributed by atoms with Crippen LogP contribution in [0, 0.1) is 0 Å². The van der Waals surface area contributed by atoms with E-state index >= 15 is 0 Å². The van der Waals surface area contributed by atoms with Gasteiger partial charge in [-0.1, -0.05) is 18.2 Å². The molecule has 0 aliphatic heterocycles. The zero-order chi connectivity index (χ0) is 21.2. The van der Waals surface area contributed by atoms with E-state index in [1.165, 1.54) is 23.3 Å². The van der Waals surface area contributed by atoms with E-state index in [1.807, 2.05) is 36.4 Å². The number of carbonyl (C=O) groups excluding carboxylic acids is 1. The maximum absolute atomic E-state index is 12.7. The Bertz CT molecular complexity index is 1210. The average molecular weight is 451 g/mol. The Hall–Kier alpha value is -2.90. The summed E-state index contributed by atoms with van der Waals surface area (Å²) in [5.41, 5.74) is 3.44. The van der Waals surface area contributed by atoms with Crippen LogP contribution in [0.15, 0.2) is 48.5 Å². The normalized spacial score (nSPS) is 13.1. The van der Waals surface area contributed by atoms with Crippen LogP contribution in [-0.4, -0.2) is 24.6 Å². The van der Waals surface area contributed by atoms with Gasteiger partial charge in [-0.15, -0.1) is 22.7 Å². The molecule has 5 nitrogen and oxygen atoms in total. The Labute approximate surface area is 188 Å². The van der Waals surface area contributed by atoms with E-state index in [4.69, 9.17) is 14.5 Å². The Balaban J connectivity index is 1.40. The molecule has 1 N–H and O–H groups in total. The van der Waals surface area contributed by atoms with Crippen LogP contribution in [-0.2, 0) is 17.6 Å². The highest BCUT2D eigenvalue weighted by molar-refractivity contribution is 7.22. The van der Waals surface area contributed by atoms with Crippen molar-refractivity contribution in [2.45, 2.75) is 25.7 Å². The predicted molar refractivity (Wildman–Crippen MR) is 127 cm³/mol. The minimum atomic E-state index is -0.177. The molecule has 0 spiro atoms. The SMILES string of the molecule is COc1cccc(OCC(=O)Nc2sc3c(c2-c2nc4ccccc4s2)CCCC3)c1. The first-order valence-electron chi connectivity index (χ1n) is 10.3. The number of thiophene rings is 1. The van der Waals surface area contributed by atoms with Crippen molar-refractivity contribution in [1.82, 2.24) is 4.98 Å². The van der Waals surface area contributed by atoms with Gasteiger partial charge in [-0.05, 0) is 55.5 Å². The molecule has 2 aromatic carbocycles. The molecule has 0 saturated heterocycles. The molecule has 0 fully saturated rings. The summed E-state index contributed by atoms with van der Waals surface area (Å²) in [6.45, 7) is -0.0605. The van der Waals surface area contributed by atoms with Crippen molar-refractivity contribution in [3.8, 4) is 22.1 Å². The van der Waals surface area contributed by atoms with E-state index in [-0.39, 0.29) is 12.5 Å². The number of para-hydroxylation sites is 1. The lowest BCUT2D eigenvalue weighted by atomic mass is 9.96. The van der Waals surface area contributed by atoms with Gasteiger partial charge < -0.3 is 14.8 Å². The largest absolute Gasteiger partial charge is 0.497 e. The molecular weight excluding hydrogens is 428 g/mol. The third-order valence-electron chi connectivity index (χ3n) is 5.34. The minimum Gasteiger partial charge on any atom is -0.497 e. The van der Waals surface area contributed by atoms with E-state index in [0.717, 1.165) is 38.6 Å². The van der Waals surface area contributed by atoms with E-state index < -0.39 is 0 Å². The summed E-state index contributed by atoms with van der Waals surface area (Å²) in [5.74, 6) is 1.12. The molecule has 4 aromatic rings. The van der Waals surface area contributed by atoms with Gasteiger partial charge in [0.05, 0.1) is 17.3 Å². The lowest BCUT2D eigenvalue weighted by molar-refractivity contribution is -0.118. The maximum atomic E-state index is 12.7. The Morgan fingerprint density at radius 3 is 2.77 bits per heavy atom. The number of ether oxygens (including phenoxy) is 2. The van der Waals surface area contributed by atoms with Crippen molar-refractivity contribution in [2.24, 2.45) is 0 Å². The number of methoxy groups -OCH3 is 1. The number of aromatic nitrogens is 1. The van der Waals surface area contributed by atoms with E-state index in [1.54, 1.807) is 35.8 Å². The van der Waals surface area contributed by atoms with Crippen molar-refractivity contribution in [2.75, 3.05) is 19.0 Å². The second-order valence-electron chi connectivity index (χ2n) is 7.42. The molecule has 5 rings (SSSR count). The number of nitrogens with one attached hydrogen (secondary N) is 1. The van der Waals surface area contributed by atoms with Crippen LogP contribution in [0.2, 0.25) is 0 Å². The second kappa shape index (κ2) is 8.69. The zero-order valence-corrected chi connectivity index (χ0v) is 18.8. The Morgan fingerprint density at radius 1 is 1.06 bits per heavy atom. The summed E-state index contributed by atoms with van der Waals surface area (Å²) in [6, 6.07) is 15.4. The monoisotopic (exact) mass is 450 g/mol. The molecule has 0 saturated carbocycles. The lowest BCUT2D eigenvalue weighted by Crippen LogP contribution is -2.20. The van der Waals surface area contributed by atoms with Gasteiger partial charge in [0.25, 0.3) is 5.91 Å². The summed E-state index contributed by atoms with van der Waals surface area (Å²) < 4.78 is 12.0. The van der Waals surface area contributed by atoms with Gasteiger partial charge in [0, 0.05) is 16.5 Å². The number of carbonyl (C=O) groups is 1. The number of rotatable bonds is 6. The number of aryl methyl sites for hydroxylation is 1. The first kappa shape index (κ1) is 20.0. The van der Waals surface area contributed by atoms with Crippen molar-refractivity contribution in [3.05, 3.63) is 59.0 Å². The first-order valence-corrected chi connectivity index (χ1v) is 11.9. The van der Waals surface area contributed by atoms with Crippen LogP contribution in [0.5, 0.6) is 11.5 Å². The third-order valence-corrected chi connectivity index (χ3v) is 7.60. The van der Waals surface area contributed by atoms with Crippen LogP contribution in [0.4, 0.5) is 5.00 Å². The maximum Gasteiger partial charge on any atom is 0.262 e. The molecule has 0 radical (unpaired) electrons. The standard InChI is InChI=1S/C24H22N2O3S2/c1-28-15-7-6-8-16(13-15)29-14-21(27)26-24-22(17-9-2-4-11-19(17)30-24)23-25-18-10-3-5-12-20(18)31-23/h3,5-8,10,12-13H,2,4,9,11,14H2,1H3,(H,26,27). The quantitative estimate of drug-likeness (QED) is 0.396. The van der Waals surface area contributed by atoms with Crippen molar-refractivity contribution in [3.63, 3.8) is 0 Å². The molecule has 31 heavy (non-hydrogen) atoms. The molecule has 0 unspecified atom stereocenters. The number of benzene rings is 2. The fraction of sp³-hybridized carbons (Fsp3) is 0.250. The smallest absolute Gasteiger partial charge is 0.262 e. The first-order chi connectivity index (χ1) is 15.2. The molecule has 7 heteroatoms. The van der Waals surface area contributed by atoms with Gasteiger partial charge in [0.15, 0.2) is 6.61 Å². The van der Waals surface area contributed by atoms with Crippen molar-refractivity contribution >= 4 is 43.8 Å². The number of amides is 1. The molecular formula is C24H22N2O3S2. The summed E-state index contributed by atoms with van der Waals surface area (Å²) in [5, 5.41) is 4.96. The van der Waals surface area contributed by atoms with Crippen LogP contribution in [0.3, 0.4) is 0 Å². The fourth-order valence-corrected chi connectivity index (χ4v) is 6.28. The molecule has 1 amide bonds. The van der Waals surface area contributed by atoms with Gasteiger partial charge in [-0.25, -0.2) is 4.98 Å². The highest BCUT2D eigenvalue weighted by atomic mass is 32.1. The molecule has 1 aliphatic rings. The molecule has 2 heterocycles. The minimum absolute atomic E-state index is 0.0605. The van der Waals surface area contributed by atoms with Crippen LogP contribution < -0.4 is 14.8 Å². The number of hydrogen-bond acceptors (Lipinski definition) is 6. The fourth-order valence-electron chi connectivity index (χ4n) is 3.86. The molecule has 2 aromatic heterocycles. The predicted octanol–water partition coefficient (Wildman–Crippen LogP) is 5.93. The average Bonchev–Trinajstić information content (AvgIpc) is 3.38. The number of anilines is 1. The van der Waals surface area contributed by atoms with Gasteiger partial charge in [0.1, 0.15) is 21.5 Å². The van der Waals surface area contributed by atoms with Gasteiger partial charge >= 0.3 is 0 Å². The lowest BCUT2D eigenvalue weighted by Gasteiger charge is -2.12. The second-order valence-corrected chi connectivity index (χ2v) is 9.55. The van der Waals surface area contributed by atoms with Crippen LogP contribution in [0.25, 0.3) is 20.8 Å². The summed E-state index contributed by atoms with van der Waals surface area (Å²) >= 11 is 3.36. The topological polar surface area (TPSA) is 60.5 Å². The van der Waals surface area contributed by atoms with E-state index in [0.29, 0.717) is 11.5 Å². The van der Waals surface area contributed by atoms with Gasteiger partial charge in [-0.2, -0.15) is 0 Å². The Morgan fingerprint density at radius 2 is 1.90 bits per heavy atom. The Kier molecular flexibility index (Phi) is 5.61. The number of thiazole rings is 1. The summed E-state index contributed by atoms with van der Waals surface area (Å²) in [6.07, 6.45) is 4.47. The molecule has 158 valence electrons. The molecule has 0 bridgehead atoms. The van der Waals surface area contributed by atoms with Gasteiger partial charge in [-0.3, -0.25) is 4.79 Å². The summed E-state index contributed by atoms with van der Waals surface area (Å²) in [7, 11) is 1.61. The number of nitrogens with zero attached hydrogens (tertiary/aromatic N) is 1. The van der Waals surface area contributed by atoms with Crippen molar-refractivity contribution < 1.29 is 14.3 Å². The summed E-state index contributed by atoms with van der Waals surface area (Å²) in [4.78, 5) is 19.0. The number of fused-ring (bicyclic) bond motifs is 2.